The van der Waals surface area contributed by atoms with Crippen LogP contribution in [0.4, 0.5) is 15.9 Å². The lowest BCUT2D eigenvalue weighted by Gasteiger charge is -2.22. The minimum Gasteiger partial charge on any atom is -0.477 e. The average Bonchev–Trinajstić information content (AvgIpc) is 3.18. The van der Waals surface area contributed by atoms with Crippen LogP contribution < -0.4 is 10.6 Å². The van der Waals surface area contributed by atoms with Crippen molar-refractivity contribution >= 4 is 29.5 Å². The molecule has 1 atom stereocenters. The van der Waals surface area contributed by atoms with Gasteiger partial charge in [0.25, 0.3) is 5.91 Å². The van der Waals surface area contributed by atoms with E-state index in [1.807, 2.05) is 36.4 Å². The number of benzene rings is 2. The predicted octanol–water partition coefficient (Wildman–Crippen LogP) is 3.92. The number of para-hydroxylation sites is 1. The summed E-state index contributed by atoms with van der Waals surface area (Å²) in [5, 5.41) is 18.9. The van der Waals surface area contributed by atoms with Crippen LogP contribution in [0.2, 0.25) is 0 Å². The van der Waals surface area contributed by atoms with Crippen molar-refractivity contribution in [1.82, 2.24) is 9.78 Å². The van der Waals surface area contributed by atoms with Crippen LogP contribution in [-0.2, 0) is 4.79 Å². The Hall–Kier alpha value is -4.20. The first-order chi connectivity index (χ1) is 14.5. The number of halogens is 1. The quantitative estimate of drug-likeness (QED) is 0.599. The number of anilines is 2. The smallest absolute Gasteiger partial charge is 0.352 e. The van der Waals surface area contributed by atoms with E-state index in [4.69, 9.17) is 0 Å². The molecule has 3 aromatic rings. The monoisotopic (exact) mass is 404 g/mol. The number of aliphatic carboxylic acids is 1. The predicted molar refractivity (Wildman–Crippen MR) is 110 cm³/mol. The molecule has 7 nitrogen and oxygen atoms in total. The van der Waals surface area contributed by atoms with E-state index in [1.54, 1.807) is 12.1 Å². The molecule has 8 heteroatoms. The van der Waals surface area contributed by atoms with E-state index < -0.39 is 23.7 Å². The summed E-state index contributed by atoms with van der Waals surface area (Å²) in [6.45, 7) is 0. The number of nitrogens with zero attached hydrogens (tertiary/aromatic N) is 2. The van der Waals surface area contributed by atoms with Gasteiger partial charge in [-0.05, 0) is 23.8 Å². The number of aromatic nitrogens is 2. The number of rotatable bonds is 5. The van der Waals surface area contributed by atoms with E-state index in [0.717, 1.165) is 5.56 Å². The Labute approximate surface area is 171 Å². The number of amides is 1. The van der Waals surface area contributed by atoms with Gasteiger partial charge in [-0.15, -0.1) is 0 Å². The highest BCUT2D eigenvalue weighted by Gasteiger charge is 2.27. The van der Waals surface area contributed by atoms with Crippen molar-refractivity contribution in [3.8, 4) is 0 Å². The second-order valence-corrected chi connectivity index (χ2v) is 6.56. The standard InChI is InChI=1S/C22H17FN4O3/c23-17-8-4-5-9-18(17)26-21(28)16-13-24-27-15(11-10-14-6-2-1-3-7-14)12-19(22(29)30)25-20(16)27/h1-13,15,25H,(H,26,28)(H,29,30)/b11-10+/t15-/m1/s1. The zero-order valence-electron chi connectivity index (χ0n) is 15.6. The van der Waals surface area contributed by atoms with Crippen LogP contribution in [0.25, 0.3) is 6.08 Å². The maximum Gasteiger partial charge on any atom is 0.352 e. The lowest BCUT2D eigenvalue weighted by atomic mass is 10.1. The first kappa shape index (κ1) is 19.1. The zero-order valence-corrected chi connectivity index (χ0v) is 15.6. The Bertz CT molecular complexity index is 1170. The molecule has 1 amide bonds. The number of allylic oxidation sites excluding steroid dienone is 2. The summed E-state index contributed by atoms with van der Waals surface area (Å²) in [4.78, 5) is 24.3. The molecule has 0 saturated carbocycles. The second kappa shape index (κ2) is 8.04. The van der Waals surface area contributed by atoms with Crippen LogP contribution in [0.5, 0.6) is 0 Å². The van der Waals surface area contributed by atoms with Gasteiger partial charge in [-0.25, -0.2) is 13.9 Å². The molecular formula is C22H17FN4O3. The SMILES string of the molecule is O=C(O)C1=C[C@@H](/C=C/c2ccccc2)n2ncc(C(=O)Nc3ccccc3F)c2N1. The first-order valence-corrected chi connectivity index (χ1v) is 9.11. The summed E-state index contributed by atoms with van der Waals surface area (Å²) in [7, 11) is 0. The Morgan fingerprint density at radius 1 is 1.13 bits per heavy atom. The topological polar surface area (TPSA) is 96.2 Å². The molecule has 0 aliphatic carbocycles. The van der Waals surface area contributed by atoms with E-state index in [-0.39, 0.29) is 22.8 Å². The van der Waals surface area contributed by atoms with Crippen LogP contribution >= 0.6 is 0 Å². The normalized spacial score (nSPS) is 15.2. The lowest BCUT2D eigenvalue weighted by Crippen LogP contribution is -2.24. The summed E-state index contributed by atoms with van der Waals surface area (Å²) in [5.41, 5.74) is 0.981. The molecule has 0 saturated heterocycles. The molecule has 4 rings (SSSR count). The van der Waals surface area contributed by atoms with Gasteiger partial charge in [0.05, 0.1) is 17.9 Å². The number of hydrogen-bond donors (Lipinski definition) is 3. The number of nitrogens with one attached hydrogen (secondary N) is 2. The maximum absolute atomic E-state index is 13.9. The Kier molecular flexibility index (Phi) is 5.13. The van der Waals surface area contributed by atoms with E-state index >= 15 is 0 Å². The molecule has 0 unspecified atom stereocenters. The van der Waals surface area contributed by atoms with E-state index in [2.05, 4.69) is 15.7 Å². The van der Waals surface area contributed by atoms with Crippen molar-refractivity contribution in [3.05, 3.63) is 95.6 Å². The van der Waals surface area contributed by atoms with Gasteiger partial charge in [0.1, 0.15) is 22.9 Å². The first-order valence-electron chi connectivity index (χ1n) is 9.11. The summed E-state index contributed by atoms with van der Waals surface area (Å²) in [6.07, 6.45) is 6.45. The molecule has 0 fully saturated rings. The van der Waals surface area contributed by atoms with Crippen molar-refractivity contribution in [3.63, 3.8) is 0 Å². The second-order valence-electron chi connectivity index (χ2n) is 6.56. The molecule has 3 N–H and O–H groups in total. The van der Waals surface area contributed by atoms with Gasteiger partial charge in [-0.1, -0.05) is 54.6 Å². The van der Waals surface area contributed by atoms with Crippen LogP contribution in [0.3, 0.4) is 0 Å². The Morgan fingerprint density at radius 2 is 1.87 bits per heavy atom. The molecule has 1 aliphatic rings. The highest BCUT2D eigenvalue weighted by atomic mass is 19.1. The summed E-state index contributed by atoms with van der Waals surface area (Å²) < 4.78 is 15.4. The number of hydrogen-bond acceptors (Lipinski definition) is 4. The summed E-state index contributed by atoms with van der Waals surface area (Å²) in [5.74, 6) is -2.13. The van der Waals surface area contributed by atoms with Gasteiger partial charge in [0.2, 0.25) is 0 Å². The highest BCUT2D eigenvalue weighted by molar-refractivity contribution is 6.08. The molecule has 2 aromatic carbocycles. The summed E-state index contributed by atoms with van der Waals surface area (Å²) >= 11 is 0. The molecule has 30 heavy (non-hydrogen) atoms. The van der Waals surface area contributed by atoms with E-state index in [0.29, 0.717) is 0 Å². The van der Waals surface area contributed by atoms with Crippen LogP contribution in [0, 0.1) is 5.82 Å². The molecular weight excluding hydrogens is 387 g/mol. The van der Waals surface area contributed by atoms with Gasteiger partial charge >= 0.3 is 5.97 Å². The van der Waals surface area contributed by atoms with Gasteiger partial charge < -0.3 is 15.7 Å². The fourth-order valence-corrected chi connectivity index (χ4v) is 3.08. The molecule has 1 aromatic heterocycles. The molecule has 2 heterocycles. The summed E-state index contributed by atoms with van der Waals surface area (Å²) in [6, 6.07) is 14.8. The van der Waals surface area contributed by atoms with E-state index in [9.17, 15) is 19.1 Å². The Morgan fingerprint density at radius 3 is 2.60 bits per heavy atom. The lowest BCUT2D eigenvalue weighted by molar-refractivity contribution is -0.132. The van der Waals surface area contributed by atoms with E-state index in [1.165, 1.54) is 35.2 Å². The van der Waals surface area contributed by atoms with Crippen molar-refractivity contribution in [1.29, 1.82) is 0 Å². The molecule has 0 spiro atoms. The van der Waals surface area contributed by atoms with Crippen LogP contribution in [0.1, 0.15) is 22.0 Å². The van der Waals surface area contributed by atoms with Gasteiger partial charge in [0, 0.05) is 0 Å². The minimum absolute atomic E-state index is 0.0211. The third-order valence-corrected chi connectivity index (χ3v) is 4.55. The number of carboxylic acids is 1. The number of carbonyl (C=O) groups is 2. The zero-order chi connectivity index (χ0) is 21.1. The van der Waals surface area contributed by atoms with Gasteiger partial charge in [-0.3, -0.25) is 4.79 Å². The minimum atomic E-state index is -1.17. The number of carboxylic acid groups (broad SMARTS) is 1. The van der Waals surface area contributed by atoms with Crippen molar-refractivity contribution in [2.75, 3.05) is 10.6 Å². The third kappa shape index (κ3) is 3.83. The maximum atomic E-state index is 13.9. The van der Waals surface area contributed by atoms with Crippen molar-refractivity contribution in [2.45, 2.75) is 6.04 Å². The van der Waals surface area contributed by atoms with Crippen LogP contribution in [-0.4, -0.2) is 26.8 Å². The van der Waals surface area contributed by atoms with Crippen molar-refractivity contribution in [2.24, 2.45) is 0 Å². The average molecular weight is 404 g/mol. The van der Waals surface area contributed by atoms with Gasteiger partial charge in [-0.2, -0.15) is 5.10 Å². The van der Waals surface area contributed by atoms with Crippen molar-refractivity contribution < 1.29 is 19.1 Å². The third-order valence-electron chi connectivity index (χ3n) is 4.55. The molecule has 0 radical (unpaired) electrons. The Balaban J connectivity index is 1.66. The molecule has 150 valence electrons. The fraction of sp³-hybridized carbons (Fsp3) is 0.0455. The van der Waals surface area contributed by atoms with Gasteiger partial charge in [0.15, 0.2) is 0 Å². The number of carbonyl (C=O) groups excluding carboxylic acids is 1. The van der Waals surface area contributed by atoms with Crippen LogP contribution in [0.15, 0.2) is 78.6 Å². The molecule has 1 aliphatic heterocycles. The largest absolute Gasteiger partial charge is 0.477 e. The molecule has 0 bridgehead atoms. The number of fused-ring (bicyclic) bond motifs is 1. The highest BCUT2D eigenvalue weighted by Crippen LogP contribution is 2.30. The fourth-order valence-electron chi connectivity index (χ4n) is 3.08.